The zero-order valence-corrected chi connectivity index (χ0v) is 26.4. The summed E-state index contributed by atoms with van der Waals surface area (Å²) in [5, 5.41) is 5.59. The third-order valence-corrected chi connectivity index (χ3v) is 7.08. The Kier molecular flexibility index (Phi) is 20.6. The summed E-state index contributed by atoms with van der Waals surface area (Å²) in [6.07, 6.45) is 18.4. The van der Waals surface area contributed by atoms with Gasteiger partial charge < -0.3 is 26.8 Å². The van der Waals surface area contributed by atoms with Gasteiger partial charge in [-0.25, -0.2) is 4.79 Å². The molecule has 6 N–H and O–H groups in total. The van der Waals surface area contributed by atoms with Crippen molar-refractivity contribution in [2.75, 3.05) is 13.2 Å². The van der Waals surface area contributed by atoms with Crippen LogP contribution in [0.2, 0.25) is 0 Å². The fraction of sp³-hybridized carbons (Fsp3) is 0.697. The number of aliphatic imine (C=N–C) groups is 1. The topological polar surface area (TPSA) is 149 Å². The highest BCUT2D eigenvalue weighted by Gasteiger charge is 2.23. The molecule has 0 unspecified atom stereocenters. The molecule has 0 saturated carbocycles. The first-order valence-electron chi connectivity index (χ1n) is 16.2. The monoisotopic (exact) mass is 587 g/mol. The van der Waals surface area contributed by atoms with Gasteiger partial charge in [-0.3, -0.25) is 14.6 Å². The number of carbonyl (C=O) groups excluding carboxylic acids is 3. The number of hydrogen-bond acceptors (Lipinski definition) is 5. The second-order valence-electron chi connectivity index (χ2n) is 11.4. The highest BCUT2D eigenvalue weighted by Crippen LogP contribution is 2.13. The van der Waals surface area contributed by atoms with E-state index in [1.54, 1.807) is 18.2 Å². The van der Waals surface area contributed by atoms with Crippen LogP contribution in [0, 0.1) is 0 Å². The van der Waals surface area contributed by atoms with Gasteiger partial charge in [-0.1, -0.05) is 96.5 Å². The van der Waals surface area contributed by atoms with Crippen LogP contribution < -0.4 is 22.1 Å². The van der Waals surface area contributed by atoms with Crippen molar-refractivity contribution < 1.29 is 19.1 Å². The smallest absolute Gasteiger partial charge is 0.328 e. The van der Waals surface area contributed by atoms with Crippen molar-refractivity contribution in [3.63, 3.8) is 0 Å². The first-order valence-corrected chi connectivity index (χ1v) is 16.2. The molecule has 9 heteroatoms. The number of rotatable bonds is 24. The van der Waals surface area contributed by atoms with Crippen LogP contribution in [0.4, 0.5) is 0 Å². The number of guanidine groups is 1. The molecule has 0 aliphatic rings. The Morgan fingerprint density at radius 2 is 1.26 bits per heavy atom. The van der Waals surface area contributed by atoms with E-state index in [0.717, 1.165) is 19.3 Å². The molecule has 0 aliphatic carbocycles. The molecule has 1 aromatic rings. The number of amides is 2. The van der Waals surface area contributed by atoms with E-state index in [1.165, 1.54) is 76.7 Å². The molecule has 2 amide bonds. The van der Waals surface area contributed by atoms with E-state index in [1.807, 2.05) is 13.8 Å². The first kappa shape index (κ1) is 36.9. The molecule has 0 radical (unpaired) electrons. The number of carbonyl (C=O) groups is 3. The minimum atomic E-state index is -0.841. The highest BCUT2D eigenvalue weighted by atomic mass is 16.5. The SMILES string of the molecule is CCCCCCCCCCCCCCCCOC(=O)[C@@H](CCCN=C(N)N)NC(=O)c1cccc(C(=O)NC(C)C)c1. The number of nitrogens with one attached hydrogen (secondary N) is 2. The summed E-state index contributed by atoms with van der Waals surface area (Å²) in [7, 11) is 0. The molecular weight excluding hydrogens is 530 g/mol. The van der Waals surface area contributed by atoms with Gasteiger partial charge >= 0.3 is 5.97 Å². The zero-order chi connectivity index (χ0) is 31.0. The average Bonchev–Trinajstić information content (AvgIpc) is 2.96. The van der Waals surface area contributed by atoms with Crippen LogP contribution in [-0.2, 0) is 9.53 Å². The molecule has 1 atom stereocenters. The van der Waals surface area contributed by atoms with Crippen molar-refractivity contribution in [2.45, 2.75) is 136 Å². The molecule has 9 nitrogen and oxygen atoms in total. The highest BCUT2D eigenvalue weighted by molar-refractivity contribution is 6.00. The van der Waals surface area contributed by atoms with Gasteiger partial charge in [0.15, 0.2) is 5.96 Å². The molecule has 0 fully saturated rings. The maximum Gasteiger partial charge on any atom is 0.328 e. The molecule has 0 bridgehead atoms. The van der Waals surface area contributed by atoms with Crippen molar-refractivity contribution in [1.82, 2.24) is 10.6 Å². The van der Waals surface area contributed by atoms with E-state index in [9.17, 15) is 14.4 Å². The lowest BCUT2D eigenvalue weighted by molar-refractivity contribution is -0.146. The maximum absolute atomic E-state index is 13.0. The van der Waals surface area contributed by atoms with Gasteiger partial charge in [0.25, 0.3) is 11.8 Å². The van der Waals surface area contributed by atoms with E-state index in [4.69, 9.17) is 16.2 Å². The van der Waals surface area contributed by atoms with Crippen LogP contribution in [0.25, 0.3) is 0 Å². The summed E-state index contributed by atoms with van der Waals surface area (Å²) in [5.41, 5.74) is 11.5. The quantitative estimate of drug-likeness (QED) is 0.0504. The van der Waals surface area contributed by atoms with Crippen LogP contribution in [-0.4, -0.2) is 49.0 Å². The minimum absolute atomic E-state index is 0.0209. The second-order valence-corrected chi connectivity index (χ2v) is 11.4. The maximum atomic E-state index is 13.0. The van der Waals surface area contributed by atoms with Crippen molar-refractivity contribution in [2.24, 2.45) is 16.5 Å². The summed E-state index contributed by atoms with van der Waals surface area (Å²) in [6.45, 7) is 6.65. The Morgan fingerprint density at radius 3 is 1.76 bits per heavy atom. The van der Waals surface area contributed by atoms with Crippen molar-refractivity contribution >= 4 is 23.7 Å². The predicted octanol–water partition coefficient (Wildman–Crippen LogP) is 6.00. The molecule has 42 heavy (non-hydrogen) atoms. The predicted molar refractivity (Wildman–Crippen MR) is 171 cm³/mol. The Morgan fingerprint density at radius 1 is 0.762 bits per heavy atom. The van der Waals surface area contributed by atoms with Gasteiger partial charge in [-0.05, 0) is 51.3 Å². The largest absolute Gasteiger partial charge is 0.464 e. The molecule has 0 spiro atoms. The fourth-order valence-corrected chi connectivity index (χ4v) is 4.71. The molecule has 0 aromatic heterocycles. The fourth-order valence-electron chi connectivity index (χ4n) is 4.71. The summed E-state index contributed by atoms with van der Waals surface area (Å²) in [4.78, 5) is 42.2. The van der Waals surface area contributed by atoms with Gasteiger partial charge in [-0.2, -0.15) is 0 Å². The Labute approximate surface area is 254 Å². The van der Waals surface area contributed by atoms with Gasteiger partial charge in [0.2, 0.25) is 0 Å². The van der Waals surface area contributed by atoms with Crippen molar-refractivity contribution in [3.8, 4) is 0 Å². The van der Waals surface area contributed by atoms with Gasteiger partial charge in [0.05, 0.1) is 6.61 Å². The Bertz CT molecular complexity index is 931. The standard InChI is InChI=1S/C33H57N5O4/c1-4-5-6-7-8-9-10-11-12-13-14-15-16-17-24-42-32(41)29(22-19-23-36-33(34)35)38-31(40)28-21-18-20-27(25-28)30(39)37-26(2)3/h18,20-21,25-26,29H,4-17,19,22-24H2,1-3H3,(H,37,39)(H,38,40)(H4,34,35,36)/t29-/m1/s1. The molecule has 1 rings (SSSR count). The lowest BCUT2D eigenvalue weighted by atomic mass is 10.0. The summed E-state index contributed by atoms with van der Waals surface area (Å²) in [6, 6.07) is 5.55. The van der Waals surface area contributed by atoms with Crippen LogP contribution in [0.3, 0.4) is 0 Å². The number of esters is 1. The number of unbranched alkanes of at least 4 members (excludes halogenated alkanes) is 13. The van der Waals surface area contributed by atoms with E-state index >= 15 is 0 Å². The number of nitrogens with zero attached hydrogens (tertiary/aromatic N) is 1. The molecule has 0 heterocycles. The molecular formula is C33H57N5O4. The number of hydrogen-bond donors (Lipinski definition) is 4. The summed E-state index contributed by atoms with van der Waals surface area (Å²) < 4.78 is 5.53. The normalized spacial score (nSPS) is 11.6. The van der Waals surface area contributed by atoms with Crippen LogP contribution in [0.1, 0.15) is 144 Å². The minimum Gasteiger partial charge on any atom is -0.464 e. The third kappa shape index (κ3) is 18.4. The number of ether oxygens (including phenoxy) is 1. The number of nitrogens with two attached hydrogens (primary N) is 2. The zero-order valence-electron chi connectivity index (χ0n) is 26.4. The average molecular weight is 588 g/mol. The van der Waals surface area contributed by atoms with E-state index < -0.39 is 17.9 Å². The van der Waals surface area contributed by atoms with Crippen molar-refractivity contribution in [3.05, 3.63) is 35.4 Å². The van der Waals surface area contributed by atoms with Crippen LogP contribution in [0.5, 0.6) is 0 Å². The summed E-state index contributed by atoms with van der Waals surface area (Å²) >= 11 is 0. The Hall–Kier alpha value is -3.10. The summed E-state index contributed by atoms with van der Waals surface area (Å²) in [5.74, 6) is -1.21. The molecule has 238 valence electrons. The molecule has 0 saturated heterocycles. The second kappa shape index (κ2) is 23.5. The van der Waals surface area contributed by atoms with E-state index in [2.05, 4.69) is 22.5 Å². The molecule has 1 aromatic carbocycles. The Balaban J connectivity index is 2.42. The van der Waals surface area contributed by atoms with Gasteiger partial charge in [0, 0.05) is 23.7 Å². The van der Waals surface area contributed by atoms with Crippen LogP contribution in [0.15, 0.2) is 29.3 Å². The first-order chi connectivity index (χ1) is 20.2. The lowest BCUT2D eigenvalue weighted by Crippen LogP contribution is -2.42. The lowest BCUT2D eigenvalue weighted by Gasteiger charge is -2.18. The van der Waals surface area contributed by atoms with Gasteiger partial charge in [0.1, 0.15) is 6.04 Å². The van der Waals surface area contributed by atoms with Crippen molar-refractivity contribution in [1.29, 1.82) is 0 Å². The van der Waals surface area contributed by atoms with E-state index in [-0.39, 0.29) is 17.9 Å². The third-order valence-electron chi connectivity index (χ3n) is 7.08. The van der Waals surface area contributed by atoms with Gasteiger partial charge in [-0.15, -0.1) is 0 Å². The van der Waals surface area contributed by atoms with E-state index in [0.29, 0.717) is 37.1 Å². The van der Waals surface area contributed by atoms with Crippen LogP contribution >= 0.6 is 0 Å². The molecule has 0 aliphatic heterocycles. The number of benzene rings is 1.